The van der Waals surface area contributed by atoms with Crippen LogP contribution in [0.3, 0.4) is 0 Å². The Labute approximate surface area is 193 Å². The molecule has 156 valence electrons. The predicted molar refractivity (Wildman–Crippen MR) is 127 cm³/mol. The molecule has 6 nitrogen and oxygen atoms in total. The fourth-order valence-electron chi connectivity index (χ4n) is 4.08. The third kappa shape index (κ3) is 2.92. The maximum absolute atomic E-state index is 6.56. The highest BCUT2D eigenvalue weighted by atomic mass is 35.5. The van der Waals surface area contributed by atoms with Gasteiger partial charge in [0, 0.05) is 46.6 Å². The summed E-state index contributed by atoms with van der Waals surface area (Å²) in [5.41, 5.74) is 5.11. The second kappa shape index (κ2) is 7.22. The van der Waals surface area contributed by atoms with E-state index in [9.17, 15) is 0 Å². The Hall–Kier alpha value is -3.61. The maximum Gasteiger partial charge on any atom is 0.187 e. The molecule has 0 saturated heterocycles. The van der Waals surface area contributed by atoms with Crippen molar-refractivity contribution >= 4 is 39.8 Å². The Balaban J connectivity index is 1.63. The molecule has 0 atom stereocenters. The van der Waals surface area contributed by atoms with E-state index in [4.69, 9.17) is 28.2 Å². The normalized spacial score (nSPS) is 11.6. The largest absolute Gasteiger partial charge is 0.351 e. The van der Waals surface area contributed by atoms with E-state index in [1.54, 1.807) is 18.5 Å². The van der Waals surface area contributed by atoms with E-state index in [2.05, 4.69) is 39.0 Å². The molecule has 0 saturated carbocycles. The fraction of sp³-hybridized carbons (Fsp3) is 0.0417. The lowest BCUT2D eigenvalue weighted by Gasteiger charge is -2.10. The van der Waals surface area contributed by atoms with E-state index < -0.39 is 0 Å². The second-order valence-electron chi connectivity index (χ2n) is 7.56. The number of rotatable bonds is 3. The lowest BCUT2D eigenvalue weighted by atomic mass is 10.1. The van der Waals surface area contributed by atoms with Gasteiger partial charge in [-0.25, -0.2) is 4.98 Å². The van der Waals surface area contributed by atoms with Crippen LogP contribution in [0, 0.1) is 0 Å². The van der Waals surface area contributed by atoms with Crippen molar-refractivity contribution in [3.8, 4) is 28.5 Å². The van der Waals surface area contributed by atoms with E-state index in [1.165, 1.54) is 0 Å². The van der Waals surface area contributed by atoms with Crippen LogP contribution >= 0.6 is 23.2 Å². The molecule has 4 aromatic heterocycles. The molecule has 0 spiro atoms. The van der Waals surface area contributed by atoms with Gasteiger partial charge in [0.15, 0.2) is 5.82 Å². The third-order valence-electron chi connectivity index (χ3n) is 5.62. The van der Waals surface area contributed by atoms with Crippen LogP contribution in [0.25, 0.3) is 45.0 Å². The minimum atomic E-state index is 0.566. The Kier molecular flexibility index (Phi) is 4.31. The van der Waals surface area contributed by atoms with E-state index in [0.29, 0.717) is 21.6 Å². The summed E-state index contributed by atoms with van der Waals surface area (Å²) in [6, 6.07) is 19.6. The Morgan fingerprint density at radius 1 is 0.906 bits per heavy atom. The van der Waals surface area contributed by atoms with Crippen LogP contribution in [0.15, 0.2) is 79.4 Å². The quantitative estimate of drug-likeness (QED) is 0.324. The molecule has 0 fully saturated rings. The minimum absolute atomic E-state index is 0.566. The summed E-state index contributed by atoms with van der Waals surface area (Å²) < 4.78 is 6.05. The molecule has 8 heteroatoms. The van der Waals surface area contributed by atoms with Gasteiger partial charge in [0.2, 0.25) is 0 Å². The summed E-state index contributed by atoms with van der Waals surface area (Å²) in [5, 5.41) is 11.0. The SMILES string of the molecule is Cn1ccc2cc(-n3cnnc3-c3c(-c4cc(Cl)ccc4Cl)nc4ccccn34)ccc21. The third-order valence-corrected chi connectivity index (χ3v) is 6.18. The van der Waals surface area contributed by atoms with Gasteiger partial charge < -0.3 is 4.57 Å². The van der Waals surface area contributed by atoms with Crippen LogP contribution in [0.2, 0.25) is 10.0 Å². The van der Waals surface area contributed by atoms with Gasteiger partial charge in [0.1, 0.15) is 23.4 Å². The first kappa shape index (κ1) is 19.1. The van der Waals surface area contributed by atoms with Crippen molar-refractivity contribution in [2.45, 2.75) is 0 Å². The zero-order valence-electron chi connectivity index (χ0n) is 16.9. The number of aryl methyl sites for hydroxylation is 1. The molecule has 32 heavy (non-hydrogen) atoms. The molecule has 6 aromatic rings. The van der Waals surface area contributed by atoms with Crippen molar-refractivity contribution in [3.05, 3.63) is 89.4 Å². The first-order valence-electron chi connectivity index (χ1n) is 9.98. The first-order chi connectivity index (χ1) is 15.6. The summed E-state index contributed by atoms with van der Waals surface area (Å²) >= 11 is 12.9. The zero-order chi connectivity index (χ0) is 21.8. The van der Waals surface area contributed by atoms with Crippen molar-refractivity contribution in [3.63, 3.8) is 0 Å². The molecule has 0 bridgehead atoms. The van der Waals surface area contributed by atoms with Gasteiger partial charge in [0.25, 0.3) is 0 Å². The first-order valence-corrected chi connectivity index (χ1v) is 10.7. The molecule has 2 aromatic carbocycles. The zero-order valence-corrected chi connectivity index (χ0v) is 18.5. The molecular formula is C24H16Cl2N6. The molecule has 0 aliphatic rings. The number of pyridine rings is 1. The standard InChI is InChI=1S/C24H16Cl2N6/c1-30-11-9-15-12-17(6-8-20(15)30)32-14-27-29-24(32)23-22(18-13-16(25)5-7-19(18)26)28-21-4-2-3-10-31(21)23/h2-14H,1H3. The Morgan fingerprint density at radius 2 is 1.81 bits per heavy atom. The predicted octanol–water partition coefficient (Wildman–Crippen LogP) is 6.05. The van der Waals surface area contributed by atoms with Crippen LogP contribution in [-0.4, -0.2) is 28.7 Å². The van der Waals surface area contributed by atoms with Crippen LogP contribution in [0.4, 0.5) is 0 Å². The van der Waals surface area contributed by atoms with Crippen molar-refractivity contribution in [2.75, 3.05) is 0 Å². The van der Waals surface area contributed by atoms with Crippen LogP contribution in [0.5, 0.6) is 0 Å². The van der Waals surface area contributed by atoms with Crippen LogP contribution < -0.4 is 0 Å². The van der Waals surface area contributed by atoms with Crippen molar-refractivity contribution in [2.24, 2.45) is 7.05 Å². The summed E-state index contributed by atoms with van der Waals surface area (Å²) in [6.45, 7) is 0. The summed E-state index contributed by atoms with van der Waals surface area (Å²) in [5.74, 6) is 0.657. The number of benzene rings is 2. The van der Waals surface area contributed by atoms with E-state index in [0.717, 1.165) is 33.5 Å². The van der Waals surface area contributed by atoms with Crippen LogP contribution in [0.1, 0.15) is 0 Å². The van der Waals surface area contributed by atoms with Crippen LogP contribution in [-0.2, 0) is 7.05 Å². The number of aromatic nitrogens is 6. The molecule has 0 N–H and O–H groups in total. The lowest BCUT2D eigenvalue weighted by Crippen LogP contribution is -2.00. The van der Waals surface area contributed by atoms with Gasteiger partial charge in [-0.2, -0.15) is 0 Å². The number of hydrogen-bond donors (Lipinski definition) is 0. The smallest absolute Gasteiger partial charge is 0.187 e. The molecule has 0 amide bonds. The molecule has 0 aliphatic heterocycles. The van der Waals surface area contributed by atoms with E-state index in [1.807, 2.05) is 52.7 Å². The average molecular weight is 459 g/mol. The Bertz CT molecular complexity index is 1620. The number of halogens is 2. The molecule has 4 heterocycles. The molecule has 0 aliphatic carbocycles. The topological polar surface area (TPSA) is 52.9 Å². The van der Waals surface area contributed by atoms with Gasteiger partial charge in [-0.1, -0.05) is 29.3 Å². The highest BCUT2D eigenvalue weighted by Crippen LogP contribution is 2.37. The van der Waals surface area contributed by atoms with Gasteiger partial charge in [-0.3, -0.25) is 8.97 Å². The highest BCUT2D eigenvalue weighted by Gasteiger charge is 2.23. The second-order valence-corrected chi connectivity index (χ2v) is 8.40. The number of nitrogens with zero attached hydrogens (tertiary/aromatic N) is 6. The molecule has 0 unspecified atom stereocenters. The van der Waals surface area contributed by atoms with Gasteiger partial charge in [0.05, 0.1) is 5.02 Å². The monoisotopic (exact) mass is 458 g/mol. The van der Waals surface area contributed by atoms with Gasteiger partial charge >= 0.3 is 0 Å². The number of imidazole rings is 1. The van der Waals surface area contributed by atoms with Crippen molar-refractivity contribution in [1.82, 2.24) is 28.7 Å². The van der Waals surface area contributed by atoms with Crippen molar-refractivity contribution < 1.29 is 0 Å². The molecular weight excluding hydrogens is 443 g/mol. The number of fused-ring (bicyclic) bond motifs is 2. The summed E-state index contributed by atoms with van der Waals surface area (Å²) in [6.07, 6.45) is 5.72. The maximum atomic E-state index is 6.56. The fourth-order valence-corrected chi connectivity index (χ4v) is 4.46. The molecule has 0 radical (unpaired) electrons. The lowest BCUT2D eigenvalue weighted by molar-refractivity contribution is 0.968. The minimum Gasteiger partial charge on any atom is -0.351 e. The van der Waals surface area contributed by atoms with E-state index in [-0.39, 0.29) is 0 Å². The summed E-state index contributed by atoms with van der Waals surface area (Å²) in [4.78, 5) is 4.86. The molecule has 6 rings (SSSR count). The highest BCUT2D eigenvalue weighted by molar-refractivity contribution is 6.35. The van der Waals surface area contributed by atoms with Crippen molar-refractivity contribution in [1.29, 1.82) is 0 Å². The van der Waals surface area contributed by atoms with Gasteiger partial charge in [-0.15, -0.1) is 10.2 Å². The number of hydrogen-bond acceptors (Lipinski definition) is 3. The van der Waals surface area contributed by atoms with E-state index >= 15 is 0 Å². The van der Waals surface area contributed by atoms with Gasteiger partial charge in [-0.05, 0) is 54.6 Å². The Morgan fingerprint density at radius 3 is 2.72 bits per heavy atom. The summed E-state index contributed by atoms with van der Waals surface area (Å²) in [7, 11) is 2.03. The average Bonchev–Trinajstić information content (AvgIpc) is 3.51.